The van der Waals surface area contributed by atoms with Crippen molar-refractivity contribution < 1.29 is 36.6 Å². The Balaban J connectivity index is 1.94. The number of fused-ring (bicyclic) bond motifs is 1. The summed E-state index contributed by atoms with van der Waals surface area (Å²) in [6.07, 6.45) is -2.91. The molecule has 166 valence electrons. The number of ether oxygens (including phenoxy) is 1. The molecule has 3 rings (SSSR count). The summed E-state index contributed by atoms with van der Waals surface area (Å²) in [6, 6.07) is 1.32. The number of aliphatic hydroxyl groups is 1. The third kappa shape index (κ3) is 4.90. The normalized spacial score (nSPS) is 13.3. The monoisotopic (exact) mass is 444 g/mol. The van der Waals surface area contributed by atoms with E-state index in [-0.39, 0.29) is 22.5 Å². The number of rotatable bonds is 5. The summed E-state index contributed by atoms with van der Waals surface area (Å²) in [7, 11) is 0. The molecule has 2 heterocycles. The number of nitrogens with one attached hydrogen (secondary N) is 1. The zero-order chi connectivity index (χ0) is 23.1. The highest BCUT2D eigenvalue weighted by Crippen LogP contribution is 2.31. The smallest absolute Gasteiger partial charge is 0.403 e. The highest BCUT2D eigenvalue weighted by Gasteiger charge is 2.34. The van der Waals surface area contributed by atoms with Gasteiger partial charge < -0.3 is 15.2 Å². The quantitative estimate of drug-likeness (QED) is 0.589. The number of hydrogen-bond acceptors (Lipinski definition) is 5. The zero-order valence-corrected chi connectivity index (χ0v) is 16.5. The van der Waals surface area contributed by atoms with E-state index in [0.29, 0.717) is 0 Å². The van der Waals surface area contributed by atoms with E-state index in [2.05, 4.69) is 20.1 Å². The van der Waals surface area contributed by atoms with Crippen molar-refractivity contribution >= 4 is 11.6 Å². The van der Waals surface area contributed by atoms with Crippen molar-refractivity contribution in [2.45, 2.75) is 38.8 Å². The standard InChI is InChI=1S/C19H17F5N4O3/c1-9-13(21)8-28-16(26-9)11(7-25-28)17(29)27-15(18(2,3)30)10-4-5-14(12(20)6-10)31-19(22,23)24/h4-8,15,30H,1-3H3,(H,27,29)/t15-/m0/s1. The Morgan fingerprint density at radius 1 is 1.23 bits per heavy atom. The second kappa shape index (κ2) is 7.76. The molecule has 0 unspecified atom stereocenters. The second-order valence-corrected chi connectivity index (χ2v) is 7.30. The van der Waals surface area contributed by atoms with Gasteiger partial charge in [-0.2, -0.15) is 5.10 Å². The van der Waals surface area contributed by atoms with Gasteiger partial charge in [-0.3, -0.25) is 4.79 Å². The Morgan fingerprint density at radius 3 is 2.48 bits per heavy atom. The van der Waals surface area contributed by atoms with Gasteiger partial charge >= 0.3 is 6.36 Å². The Bertz CT molecular complexity index is 1140. The maximum atomic E-state index is 14.2. The summed E-state index contributed by atoms with van der Waals surface area (Å²) in [4.78, 5) is 16.8. The van der Waals surface area contributed by atoms with E-state index in [1.54, 1.807) is 0 Å². The fourth-order valence-electron chi connectivity index (χ4n) is 2.92. The zero-order valence-electron chi connectivity index (χ0n) is 16.5. The number of aromatic nitrogens is 3. The van der Waals surface area contributed by atoms with Gasteiger partial charge in [-0.1, -0.05) is 6.07 Å². The summed E-state index contributed by atoms with van der Waals surface area (Å²) in [6.45, 7) is 4.05. The fourth-order valence-corrected chi connectivity index (χ4v) is 2.92. The molecule has 2 aromatic heterocycles. The summed E-state index contributed by atoms with van der Waals surface area (Å²) in [5, 5.41) is 16.8. The van der Waals surface area contributed by atoms with Crippen LogP contribution in [0.25, 0.3) is 5.65 Å². The molecule has 0 aliphatic carbocycles. The van der Waals surface area contributed by atoms with Crippen LogP contribution in [0.3, 0.4) is 0 Å². The Hall–Kier alpha value is -3.28. The molecule has 0 bridgehead atoms. The van der Waals surface area contributed by atoms with Crippen LogP contribution in [0.15, 0.2) is 30.6 Å². The van der Waals surface area contributed by atoms with E-state index in [0.717, 1.165) is 35.1 Å². The first-order valence-electron chi connectivity index (χ1n) is 8.85. The van der Waals surface area contributed by atoms with Crippen LogP contribution in [0.2, 0.25) is 0 Å². The van der Waals surface area contributed by atoms with Crippen LogP contribution >= 0.6 is 0 Å². The molecule has 0 aliphatic heterocycles. The summed E-state index contributed by atoms with van der Waals surface area (Å²) < 4.78 is 69.5. The molecule has 0 aliphatic rings. The molecule has 0 fully saturated rings. The number of hydrogen-bond donors (Lipinski definition) is 2. The number of halogens is 5. The van der Waals surface area contributed by atoms with Crippen LogP contribution < -0.4 is 10.1 Å². The fraction of sp³-hybridized carbons (Fsp3) is 0.316. The third-order valence-electron chi connectivity index (χ3n) is 4.37. The molecule has 3 aromatic rings. The minimum absolute atomic E-state index is 0.0143. The molecule has 0 saturated carbocycles. The van der Waals surface area contributed by atoms with Crippen molar-refractivity contribution in [1.82, 2.24) is 19.9 Å². The minimum atomic E-state index is -5.08. The van der Waals surface area contributed by atoms with Gasteiger partial charge in [0.25, 0.3) is 5.91 Å². The van der Waals surface area contributed by atoms with Crippen LogP contribution in [0.4, 0.5) is 22.0 Å². The van der Waals surface area contributed by atoms with Gasteiger partial charge in [0.05, 0.1) is 29.7 Å². The van der Waals surface area contributed by atoms with Gasteiger partial charge in [-0.15, -0.1) is 13.2 Å². The van der Waals surface area contributed by atoms with Crippen LogP contribution in [0.1, 0.15) is 41.5 Å². The number of nitrogens with zero attached hydrogens (tertiary/aromatic N) is 3. The number of aryl methyl sites for hydroxylation is 1. The van der Waals surface area contributed by atoms with E-state index in [4.69, 9.17) is 0 Å². The number of alkyl halides is 3. The average molecular weight is 444 g/mol. The molecular weight excluding hydrogens is 427 g/mol. The third-order valence-corrected chi connectivity index (χ3v) is 4.37. The van der Waals surface area contributed by atoms with Gasteiger partial charge in [0.1, 0.15) is 5.56 Å². The molecule has 1 aromatic carbocycles. The second-order valence-electron chi connectivity index (χ2n) is 7.30. The van der Waals surface area contributed by atoms with Gasteiger partial charge in [0, 0.05) is 0 Å². The molecule has 0 saturated heterocycles. The molecule has 7 nitrogen and oxygen atoms in total. The maximum absolute atomic E-state index is 14.2. The van der Waals surface area contributed by atoms with Crippen molar-refractivity contribution in [3.05, 3.63) is 59.0 Å². The first-order chi connectivity index (χ1) is 14.3. The Labute approximate surface area is 172 Å². The van der Waals surface area contributed by atoms with E-state index >= 15 is 0 Å². The first-order valence-corrected chi connectivity index (χ1v) is 8.85. The number of benzene rings is 1. The van der Waals surface area contributed by atoms with Gasteiger partial charge in [-0.25, -0.2) is 18.3 Å². The molecule has 31 heavy (non-hydrogen) atoms. The lowest BCUT2D eigenvalue weighted by Crippen LogP contribution is -2.42. The molecular formula is C19H17F5N4O3. The van der Waals surface area contributed by atoms with E-state index in [9.17, 15) is 31.9 Å². The molecule has 0 spiro atoms. The van der Waals surface area contributed by atoms with E-state index in [1.165, 1.54) is 20.8 Å². The number of amides is 1. The van der Waals surface area contributed by atoms with E-state index in [1.807, 2.05) is 0 Å². The van der Waals surface area contributed by atoms with Crippen LogP contribution in [0, 0.1) is 18.6 Å². The van der Waals surface area contributed by atoms with Gasteiger partial charge in [0.15, 0.2) is 23.0 Å². The van der Waals surface area contributed by atoms with Gasteiger partial charge in [0.2, 0.25) is 0 Å². The lowest BCUT2D eigenvalue weighted by molar-refractivity contribution is -0.275. The predicted molar refractivity (Wildman–Crippen MR) is 97.3 cm³/mol. The summed E-state index contributed by atoms with van der Waals surface area (Å²) in [5.74, 6) is -3.78. The molecule has 12 heteroatoms. The summed E-state index contributed by atoms with van der Waals surface area (Å²) in [5.41, 5.74) is -1.63. The summed E-state index contributed by atoms with van der Waals surface area (Å²) >= 11 is 0. The van der Waals surface area contributed by atoms with Crippen LogP contribution in [-0.4, -0.2) is 37.6 Å². The lowest BCUT2D eigenvalue weighted by Gasteiger charge is -2.30. The molecule has 1 atom stereocenters. The molecule has 1 amide bonds. The van der Waals surface area contributed by atoms with E-state index < -0.39 is 41.3 Å². The van der Waals surface area contributed by atoms with Crippen molar-refractivity contribution in [2.24, 2.45) is 0 Å². The van der Waals surface area contributed by atoms with Crippen molar-refractivity contribution in [3.8, 4) is 5.75 Å². The van der Waals surface area contributed by atoms with Gasteiger partial charge in [-0.05, 0) is 38.5 Å². The average Bonchev–Trinajstić information content (AvgIpc) is 3.02. The largest absolute Gasteiger partial charge is 0.573 e. The Kier molecular flexibility index (Phi) is 5.61. The minimum Gasteiger partial charge on any atom is -0.403 e. The van der Waals surface area contributed by atoms with Crippen molar-refractivity contribution in [2.75, 3.05) is 0 Å². The SMILES string of the molecule is Cc1nc2c(C(=O)N[C@@H](c3ccc(OC(F)(F)F)c(F)c3)C(C)(C)O)cnn2cc1F. The molecule has 0 radical (unpaired) electrons. The highest BCUT2D eigenvalue weighted by atomic mass is 19.4. The van der Waals surface area contributed by atoms with Crippen molar-refractivity contribution in [3.63, 3.8) is 0 Å². The topological polar surface area (TPSA) is 88.8 Å². The lowest BCUT2D eigenvalue weighted by atomic mass is 9.91. The maximum Gasteiger partial charge on any atom is 0.573 e. The van der Waals surface area contributed by atoms with Crippen molar-refractivity contribution in [1.29, 1.82) is 0 Å². The number of carbonyl (C=O) groups excluding carboxylic acids is 1. The molecule has 2 N–H and O–H groups in total. The predicted octanol–water partition coefficient (Wildman–Crippen LogP) is 3.46. The Morgan fingerprint density at radius 2 is 1.90 bits per heavy atom. The van der Waals surface area contributed by atoms with Crippen LogP contribution in [0.5, 0.6) is 5.75 Å². The highest BCUT2D eigenvalue weighted by molar-refractivity contribution is 5.99. The first kappa shape index (κ1) is 22.4. The number of carbonyl (C=O) groups is 1. The van der Waals surface area contributed by atoms with Crippen LogP contribution in [-0.2, 0) is 0 Å².